The molecule has 0 spiro atoms. The van der Waals surface area contributed by atoms with Crippen LogP contribution in [0.1, 0.15) is 25.7 Å². The third-order valence-corrected chi connectivity index (χ3v) is 3.65. The lowest BCUT2D eigenvalue weighted by Crippen LogP contribution is -2.29. The highest BCUT2D eigenvalue weighted by molar-refractivity contribution is 9.10. The smallest absolute Gasteiger partial charge is 0.319 e. The van der Waals surface area contributed by atoms with Crippen molar-refractivity contribution >= 4 is 56.8 Å². The van der Waals surface area contributed by atoms with Crippen molar-refractivity contribution in [2.24, 2.45) is 0 Å². The molecule has 1 aromatic carbocycles. The zero-order valence-corrected chi connectivity index (χ0v) is 14.2. The van der Waals surface area contributed by atoms with E-state index in [2.05, 4.69) is 26.6 Å². The Morgan fingerprint density at radius 1 is 1.14 bits per heavy atom. The summed E-state index contributed by atoms with van der Waals surface area (Å²) in [5.74, 6) is -0.805. The number of carbonyl (C=O) groups excluding carboxylic acids is 1. The number of carboxylic acids is 1. The molecule has 0 saturated heterocycles. The number of hydrogen-bond acceptors (Lipinski definition) is 2. The molecule has 3 N–H and O–H groups in total. The number of anilines is 1. The van der Waals surface area contributed by atoms with E-state index in [1.807, 2.05) is 0 Å². The number of rotatable bonds is 7. The summed E-state index contributed by atoms with van der Waals surface area (Å²) in [5.41, 5.74) is 0.352. The molecule has 0 unspecified atom stereocenters. The van der Waals surface area contributed by atoms with Crippen LogP contribution < -0.4 is 10.6 Å². The summed E-state index contributed by atoms with van der Waals surface area (Å²) in [6.45, 7) is 0.456. The normalized spacial score (nSPS) is 10.2. The highest BCUT2D eigenvalue weighted by Gasteiger charge is 2.10. The minimum absolute atomic E-state index is 0.149. The Morgan fingerprint density at radius 2 is 1.76 bits per heavy atom. The first-order valence-electron chi connectivity index (χ1n) is 6.31. The average Bonchev–Trinajstić information content (AvgIpc) is 2.37. The van der Waals surface area contributed by atoms with Crippen molar-refractivity contribution in [1.29, 1.82) is 0 Å². The van der Waals surface area contributed by atoms with Crippen LogP contribution in [0.4, 0.5) is 10.5 Å². The Balaban J connectivity index is 2.33. The maximum Gasteiger partial charge on any atom is 0.319 e. The molecular formula is C13H15BrCl2N2O3. The van der Waals surface area contributed by atoms with E-state index in [1.54, 1.807) is 12.1 Å². The van der Waals surface area contributed by atoms with E-state index in [4.69, 9.17) is 28.3 Å². The van der Waals surface area contributed by atoms with Gasteiger partial charge in [-0.1, -0.05) is 45.6 Å². The summed E-state index contributed by atoms with van der Waals surface area (Å²) in [7, 11) is 0. The number of aliphatic carboxylic acids is 1. The van der Waals surface area contributed by atoms with E-state index in [-0.39, 0.29) is 6.42 Å². The number of unbranched alkanes of at least 4 members (excludes halogenated alkanes) is 2. The van der Waals surface area contributed by atoms with Crippen molar-refractivity contribution in [3.8, 4) is 0 Å². The number of benzene rings is 1. The molecule has 8 heteroatoms. The van der Waals surface area contributed by atoms with Crippen molar-refractivity contribution in [2.45, 2.75) is 25.7 Å². The van der Waals surface area contributed by atoms with Gasteiger partial charge in [0.05, 0.1) is 15.7 Å². The lowest BCUT2D eigenvalue weighted by atomic mass is 10.2. The minimum Gasteiger partial charge on any atom is -0.481 e. The molecule has 21 heavy (non-hydrogen) atoms. The van der Waals surface area contributed by atoms with Gasteiger partial charge < -0.3 is 15.7 Å². The van der Waals surface area contributed by atoms with Crippen LogP contribution in [0.25, 0.3) is 0 Å². The summed E-state index contributed by atoms with van der Waals surface area (Å²) in [6, 6.07) is 2.86. The topological polar surface area (TPSA) is 78.4 Å². The maximum atomic E-state index is 11.7. The van der Waals surface area contributed by atoms with Crippen LogP contribution in [0, 0.1) is 0 Å². The van der Waals surface area contributed by atoms with Crippen LogP contribution in [0.3, 0.4) is 0 Å². The predicted molar refractivity (Wildman–Crippen MR) is 87.3 cm³/mol. The fraction of sp³-hybridized carbons (Fsp3) is 0.385. The Kier molecular flexibility index (Phi) is 7.85. The molecule has 0 fully saturated rings. The van der Waals surface area contributed by atoms with Crippen LogP contribution in [0.15, 0.2) is 16.6 Å². The summed E-state index contributed by atoms with van der Waals surface area (Å²) >= 11 is 15.2. The lowest BCUT2D eigenvalue weighted by molar-refractivity contribution is -0.137. The molecule has 116 valence electrons. The Labute approximate surface area is 141 Å². The van der Waals surface area contributed by atoms with Gasteiger partial charge in [-0.25, -0.2) is 4.79 Å². The van der Waals surface area contributed by atoms with E-state index >= 15 is 0 Å². The molecule has 0 saturated carbocycles. The van der Waals surface area contributed by atoms with Gasteiger partial charge in [0, 0.05) is 17.4 Å². The largest absolute Gasteiger partial charge is 0.481 e. The van der Waals surface area contributed by atoms with Gasteiger partial charge >= 0.3 is 12.0 Å². The molecule has 0 radical (unpaired) electrons. The van der Waals surface area contributed by atoms with Gasteiger partial charge in [0.1, 0.15) is 0 Å². The molecule has 0 aliphatic carbocycles. The van der Waals surface area contributed by atoms with Gasteiger partial charge in [0.15, 0.2) is 0 Å². The molecule has 0 aromatic heterocycles. The SMILES string of the molecule is O=C(O)CCCCCNC(=O)Nc1c(Cl)cc(Br)cc1Cl. The van der Waals surface area contributed by atoms with E-state index < -0.39 is 12.0 Å². The highest BCUT2D eigenvalue weighted by atomic mass is 79.9. The molecule has 0 aliphatic heterocycles. The molecule has 2 amide bonds. The molecule has 1 rings (SSSR count). The molecular weight excluding hydrogens is 383 g/mol. The fourth-order valence-electron chi connectivity index (χ4n) is 1.60. The number of amides is 2. The molecule has 0 heterocycles. The van der Waals surface area contributed by atoms with Gasteiger partial charge in [0.25, 0.3) is 0 Å². The number of hydrogen-bond donors (Lipinski definition) is 3. The van der Waals surface area contributed by atoms with Crippen LogP contribution in [0.5, 0.6) is 0 Å². The first-order chi connectivity index (χ1) is 9.90. The highest BCUT2D eigenvalue weighted by Crippen LogP contribution is 2.33. The van der Waals surface area contributed by atoms with E-state index in [9.17, 15) is 9.59 Å². The molecule has 0 aliphatic rings. The lowest BCUT2D eigenvalue weighted by Gasteiger charge is -2.11. The summed E-state index contributed by atoms with van der Waals surface area (Å²) in [6.07, 6.45) is 2.20. The van der Waals surface area contributed by atoms with Crippen LogP contribution >= 0.6 is 39.1 Å². The molecule has 0 bridgehead atoms. The maximum absolute atomic E-state index is 11.7. The van der Waals surface area contributed by atoms with Crippen molar-refractivity contribution in [1.82, 2.24) is 5.32 Å². The standard InChI is InChI=1S/C13H15BrCl2N2O3/c14-8-6-9(15)12(10(16)7-8)18-13(21)17-5-3-1-2-4-11(19)20/h6-7H,1-5H2,(H,19,20)(H2,17,18,21). The van der Waals surface area contributed by atoms with Crippen LogP contribution in [0.2, 0.25) is 10.0 Å². The quantitative estimate of drug-likeness (QED) is 0.591. The number of carboxylic acid groups (broad SMARTS) is 1. The van der Waals surface area contributed by atoms with Crippen molar-refractivity contribution in [3.05, 3.63) is 26.7 Å². The third-order valence-electron chi connectivity index (χ3n) is 2.60. The van der Waals surface area contributed by atoms with Crippen LogP contribution in [-0.4, -0.2) is 23.7 Å². The first-order valence-corrected chi connectivity index (χ1v) is 7.86. The zero-order chi connectivity index (χ0) is 15.8. The van der Waals surface area contributed by atoms with E-state index in [1.165, 1.54) is 0 Å². The zero-order valence-electron chi connectivity index (χ0n) is 11.1. The number of halogens is 3. The third kappa shape index (κ3) is 7.02. The van der Waals surface area contributed by atoms with Crippen molar-refractivity contribution < 1.29 is 14.7 Å². The number of urea groups is 1. The second-order valence-corrected chi connectivity index (χ2v) is 6.06. The Hall–Kier alpha value is -0.980. The second-order valence-electron chi connectivity index (χ2n) is 4.33. The molecule has 5 nitrogen and oxygen atoms in total. The summed E-state index contributed by atoms with van der Waals surface area (Å²) in [4.78, 5) is 22.0. The first kappa shape index (κ1) is 18.1. The van der Waals surface area contributed by atoms with Gasteiger partial charge in [-0.2, -0.15) is 0 Å². The van der Waals surface area contributed by atoms with Gasteiger partial charge in [-0.3, -0.25) is 4.79 Å². The monoisotopic (exact) mass is 396 g/mol. The fourth-order valence-corrected chi connectivity index (χ4v) is 2.90. The van der Waals surface area contributed by atoms with Crippen LogP contribution in [-0.2, 0) is 4.79 Å². The Morgan fingerprint density at radius 3 is 2.33 bits per heavy atom. The van der Waals surface area contributed by atoms with Crippen molar-refractivity contribution in [3.63, 3.8) is 0 Å². The van der Waals surface area contributed by atoms with Gasteiger partial charge in [-0.05, 0) is 25.0 Å². The number of nitrogens with one attached hydrogen (secondary N) is 2. The predicted octanol–water partition coefficient (Wildman–Crippen LogP) is 4.52. The minimum atomic E-state index is -0.805. The van der Waals surface area contributed by atoms with E-state index in [0.29, 0.717) is 35.1 Å². The average molecular weight is 398 g/mol. The van der Waals surface area contributed by atoms with Gasteiger partial charge in [-0.15, -0.1) is 0 Å². The summed E-state index contributed by atoms with van der Waals surface area (Å²) < 4.78 is 0.724. The summed E-state index contributed by atoms with van der Waals surface area (Å²) in [5, 5.41) is 14.4. The number of carbonyl (C=O) groups is 2. The second kappa shape index (κ2) is 9.12. The Bertz CT molecular complexity index is 503. The molecule has 1 aromatic rings. The molecule has 0 atom stereocenters. The van der Waals surface area contributed by atoms with Crippen molar-refractivity contribution in [2.75, 3.05) is 11.9 Å². The van der Waals surface area contributed by atoms with E-state index in [0.717, 1.165) is 10.9 Å². The van der Waals surface area contributed by atoms with Gasteiger partial charge in [0.2, 0.25) is 0 Å².